The highest BCUT2D eigenvalue weighted by atomic mass is 32.1. The van der Waals surface area contributed by atoms with Gasteiger partial charge in [0, 0.05) is 18.9 Å². The topological polar surface area (TPSA) is 46.6 Å². The number of carbonyl (C=O) groups is 2. The van der Waals surface area contributed by atoms with Crippen molar-refractivity contribution in [3.8, 4) is 12.3 Å². The highest BCUT2D eigenvalue weighted by Crippen LogP contribution is 2.33. The number of methoxy groups -OCH3 is 1. The molecule has 88 valence electrons. The van der Waals surface area contributed by atoms with E-state index >= 15 is 0 Å². The Morgan fingerprint density at radius 3 is 3.06 bits per heavy atom. The third-order valence-electron chi connectivity index (χ3n) is 2.66. The van der Waals surface area contributed by atoms with Crippen LogP contribution in [0.15, 0.2) is 11.4 Å². The minimum atomic E-state index is -0.432. The number of ether oxygens (including phenoxy) is 1. The average molecular weight is 249 g/mol. The van der Waals surface area contributed by atoms with Gasteiger partial charge in [-0.05, 0) is 11.4 Å². The van der Waals surface area contributed by atoms with Crippen molar-refractivity contribution in [2.24, 2.45) is 5.92 Å². The van der Waals surface area contributed by atoms with Crippen molar-refractivity contribution in [3.63, 3.8) is 0 Å². The summed E-state index contributed by atoms with van der Waals surface area (Å²) in [7, 11) is 1.32. The predicted molar refractivity (Wildman–Crippen MR) is 65.0 cm³/mol. The Hall–Kier alpha value is -1.80. The largest absolute Gasteiger partial charge is 0.465 e. The number of carbonyl (C=O) groups excluding carboxylic acids is 2. The van der Waals surface area contributed by atoms with E-state index < -0.39 is 5.97 Å². The van der Waals surface area contributed by atoms with Gasteiger partial charge in [0.1, 0.15) is 5.00 Å². The van der Waals surface area contributed by atoms with Gasteiger partial charge in [-0.15, -0.1) is 23.7 Å². The average Bonchev–Trinajstić information content (AvgIpc) is 2.93. The normalized spacial score (nSPS) is 19.2. The first kappa shape index (κ1) is 11.7. The highest BCUT2D eigenvalue weighted by Gasteiger charge is 2.32. The summed E-state index contributed by atoms with van der Waals surface area (Å²) in [5.41, 5.74) is 0.420. The van der Waals surface area contributed by atoms with Crippen LogP contribution in [0.2, 0.25) is 0 Å². The molecule has 1 unspecified atom stereocenters. The molecule has 0 spiro atoms. The molecule has 1 aromatic heterocycles. The van der Waals surface area contributed by atoms with Crippen LogP contribution in [-0.4, -0.2) is 25.5 Å². The van der Waals surface area contributed by atoms with Crippen molar-refractivity contribution < 1.29 is 14.3 Å². The molecular weight excluding hydrogens is 238 g/mol. The lowest BCUT2D eigenvalue weighted by Gasteiger charge is -2.15. The fraction of sp³-hybridized carbons (Fsp3) is 0.333. The van der Waals surface area contributed by atoms with E-state index in [1.54, 1.807) is 16.3 Å². The number of hydrogen-bond donors (Lipinski definition) is 0. The van der Waals surface area contributed by atoms with E-state index in [1.807, 2.05) is 0 Å². The summed E-state index contributed by atoms with van der Waals surface area (Å²) in [6, 6.07) is 1.66. The maximum Gasteiger partial charge on any atom is 0.340 e. The quantitative estimate of drug-likeness (QED) is 0.589. The summed E-state index contributed by atoms with van der Waals surface area (Å²) >= 11 is 1.34. The molecule has 1 atom stereocenters. The monoisotopic (exact) mass is 249 g/mol. The zero-order chi connectivity index (χ0) is 12.4. The summed E-state index contributed by atoms with van der Waals surface area (Å²) in [4.78, 5) is 24.9. The van der Waals surface area contributed by atoms with Crippen LogP contribution in [0.25, 0.3) is 0 Å². The van der Waals surface area contributed by atoms with Gasteiger partial charge in [-0.3, -0.25) is 4.79 Å². The van der Waals surface area contributed by atoms with Crippen LogP contribution in [0, 0.1) is 18.3 Å². The molecular formula is C12H11NO3S. The number of esters is 1. The maximum atomic E-state index is 11.8. The van der Waals surface area contributed by atoms with Gasteiger partial charge >= 0.3 is 5.97 Å². The number of amides is 1. The van der Waals surface area contributed by atoms with E-state index in [9.17, 15) is 9.59 Å². The molecule has 2 rings (SSSR count). The maximum absolute atomic E-state index is 11.8. The second-order valence-electron chi connectivity index (χ2n) is 3.70. The number of anilines is 1. The van der Waals surface area contributed by atoms with Crippen molar-refractivity contribution in [1.82, 2.24) is 0 Å². The molecule has 2 heterocycles. The second-order valence-corrected chi connectivity index (χ2v) is 4.60. The number of nitrogens with zero attached hydrogens (tertiary/aromatic N) is 1. The second kappa shape index (κ2) is 4.60. The molecule has 1 saturated heterocycles. The van der Waals surface area contributed by atoms with E-state index in [4.69, 9.17) is 6.42 Å². The molecule has 0 aliphatic carbocycles. The fourth-order valence-electron chi connectivity index (χ4n) is 1.79. The third kappa shape index (κ3) is 2.04. The minimum Gasteiger partial charge on any atom is -0.465 e. The summed E-state index contributed by atoms with van der Waals surface area (Å²) in [5.74, 6) is 2.03. The van der Waals surface area contributed by atoms with Gasteiger partial charge in [0.2, 0.25) is 5.91 Å². The number of rotatable bonds is 2. The van der Waals surface area contributed by atoms with Crippen LogP contribution in [0.3, 0.4) is 0 Å². The zero-order valence-electron chi connectivity index (χ0n) is 9.30. The summed E-state index contributed by atoms with van der Waals surface area (Å²) < 4.78 is 4.67. The van der Waals surface area contributed by atoms with Gasteiger partial charge in [0.15, 0.2) is 0 Å². The van der Waals surface area contributed by atoms with Gasteiger partial charge in [0.05, 0.1) is 12.7 Å². The number of thiophene rings is 1. The van der Waals surface area contributed by atoms with Crippen molar-refractivity contribution in [3.05, 3.63) is 17.0 Å². The molecule has 1 aromatic rings. The molecule has 1 aliphatic rings. The molecule has 0 N–H and O–H groups in total. The van der Waals surface area contributed by atoms with Gasteiger partial charge in [-0.25, -0.2) is 4.79 Å². The molecule has 1 fully saturated rings. The summed E-state index contributed by atoms with van der Waals surface area (Å²) in [6.07, 6.45) is 5.66. The third-order valence-corrected chi connectivity index (χ3v) is 3.59. The van der Waals surface area contributed by atoms with Crippen LogP contribution in [0.4, 0.5) is 5.00 Å². The molecule has 17 heavy (non-hydrogen) atoms. The van der Waals surface area contributed by atoms with Gasteiger partial charge in [-0.1, -0.05) is 0 Å². The molecule has 1 aliphatic heterocycles. The molecule has 0 radical (unpaired) electrons. The fourth-order valence-corrected chi connectivity index (χ4v) is 2.71. The van der Waals surface area contributed by atoms with E-state index in [-0.39, 0.29) is 11.8 Å². The van der Waals surface area contributed by atoms with Crippen molar-refractivity contribution in [1.29, 1.82) is 0 Å². The first-order valence-electron chi connectivity index (χ1n) is 5.09. The molecule has 0 saturated carbocycles. The van der Waals surface area contributed by atoms with Crippen LogP contribution in [0.1, 0.15) is 16.8 Å². The van der Waals surface area contributed by atoms with Crippen LogP contribution in [0.5, 0.6) is 0 Å². The molecule has 4 nitrogen and oxygen atoms in total. The first-order chi connectivity index (χ1) is 8.17. The molecule has 0 bridgehead atoms. The standard InChI is InChI=1S/C12H11NO3S/c1-3-8-6-10(14)13(7-8)11-9(4-5-17-11)12(15)16-2/h1,4-5,8H,6-7H2,2H3. The van der Waals surface area contributed by atoms with Crippen molar-refractivity contribution in [2.45, 2.75) is 6.42 Å². The molecule has 0 aromatic carbocycles. The molecule has 1 amide bonds. The number of hydrogen-bond acceptors (Lipinski definition) is 4. The van der Waals surface area contributed by atoms with Gasteiger partial charge < -0.3 is 9.64 Å². The lowest BCUT2D eigenvalue weighted by atomic mass is 10.1. The lowest BCUT2D eigenvalue weighted by molar-refractivity contribution is -0.117. The van der Waals surface area contributed by atoms with E-state index in [2.05, 4.69) is 10.7 Å². The highest BCUT2D eigenvalue weighted by molar-refractivity contribution is 7.14. The SMILES string of the molecule is C#CC1CC(=O)N(c2sccc2C(=O)OC)C1. The Balaban J connectivity index is 2.30. The van der Waals surface area contributed by atoms with Gasteiger partial charge in [-0.2, -0.15) is 0 Å². The Morgan fingerprint density at radius 1 is 1.71 bits per heavy atom. The lowest BCUT2D eigenvalue weighted by Crippen LogP contribution is -2.25. The Labute approximate surface area is 103 Å². The summed E-state index contributed by atoms with van der Waals surface area (Å²) in [5, 5.41) is 2.39. The van der Waals surface area contributed by atoms with Gasteiger partial charge in [0.25, 0.3) is 0 Å². The number of terminal acetylenes is 1. The van der Waals surface area contributed by atoms with Crippen LogP contribution >= 0.6 is 11.3 Å². The molecule has 5 heteroatoms. The van der Waals surface area contributed by atoms with E-state index in [0.29, 0.717) is 23.5 Å². The Kier molecular flexibility index (Phi) is 3.16. The van der Waals surface area contributed by atoms with Crippen molar-refractivity contribution >= 4 is 28.2 Å². The first-order valence-corrected chi connectivity index (χ1v) is 5.97. The van der Waals surface area contributed by atoms with Crippen LogP contribution < -0.4 is 4.90 Å². The zero-order valence-corrected chi connectivity index (χ0v) is 10.1. The van der Waals surface area contributed by atoms with E-state index in [0.717, 1.165) is 0 Å². The minimum absolute atomic E-state index is 0.0412. The predicted octanol–water partition coefficient (Wildman–Crippen LogP) is 1.52. The summed E-state index contributed by atoms with van der Waals surface area (Å²) in [6.45, 7) is 0.472. The van der Waals surface area contributed by atoms with Crippen LogP contribution in [-0.2, 0) is 9.53 Å². The Morgan fingerprint density at radius 2 is 2.47 bits per heavy atom. The van der Waals surface area contributed by atoms with E-state index in [1.165, 1.54) is 18.4 Å². The van der Waals surface area contributed by atoms with Crippen molar-refractivity contribution in [2.75, 3.05) is 18.6 Å². The smallest absolute Gasteiger partial charge is 0.340 e. The Bertz CT molecular complexity index is 500.